The van der Waals surface area contributed by atoms with Crippen LogP contribution < -0.4 is 11.1 Å². The number of nitrogens with one attached hydrogen (secondary N) is 1. The van der Waals surface area contributed by atoms with Crippen LogP contribution in [0.2, 0.25) is 0 Å². The van der Waals surface area contributed by atoms with E-state index in [0.29, 0.717) is 12.3 Å². The highest BCUT2D eigenvalue weighted by Gasteiger charge is 2.14. The van der Waals surface area contributed by atoms with Crippen LogP contribution in [0, 0.1) is 5.92 Å². The van der Waals surface area contributed by atoms with Gasteiger partial charge >= 0.3 is 0 Å². The third kappa shape index (κ3) is 6.05. The molecule has 88 valence electrons. The molecule has 3 nitrogen and oxygen atoms in total. The van der Waals surface area contributed by atoms with E-state index in [4.69, 9.17) is 5.73 Å². The highest BCUT2D eigenvalue weighted by atomic mass is 32.2. The first-order valence-corrected chi connectivity index (χ1v) is 6.94. The summed E-state index contributed by atoms with van der Waals surface area (Å²) in [7, 11) is 0. The number of nitrogens with two attached hydrogens (primary N) is 1. The molecule has 15 heavy (non-hydrogen) atoms. The minimum Gasteiger partial charge on any atom is -0.356 e. The Bertz CT molecular complexity index is 191. The largest absolute Gasteiger partial charge is 0.356 e. The fourth-order valence-corrected chi connectivity index (χ4v) is 2.86. The van der Waals surface area contributed by atoms with Crippen LogP contribution in [0.3, 0.4) is 0 Å². The molecular weight excluding hydrogens is 208 g/mol. The second kappa shape index (κ2) is 7.12. The van der Waals surface area contributed by atoms with E-state index in [1.54, 1.807) is 0 Å². The van der Waals surface area contributed by atoms with Crippen molar-refractivity contribution < 1.29 is 4.79 Å². The first-order valence-electron chi connectivity index (χ1n) is 5.78. The Labute approximate surface area is 96.6 Å². The summed E-state index contributed by atoms with van der Waals surface area (Å²) in [6.45, 7) is 2.80. The lowest BCUT2D eigenvalue weighted by atomic mass is 10.0. The van der Waals surface area contributed by atoms with Gasteiger partial charge in [-0.05, 0) is 43.6 Å². The van der Waals surface area contributed by atoms with Crippen molar-refractivity contribution in [2.24, 2.45) is 11.7 Å². The number of rotatable bonds is 5. The predicted molar refractivity (Wildman–Crippen MR) is 65.9 cm³/mol. The predicted octanol–water partition coefficient (Wildman–Crippen LogP) is 1.37. The van der Waals surface area contributed by atoms with Gasteiger partial charge in [0.15, 0.2) is 0 Å². The lowest BCUT2D eigenvalue weighted by Gasteiger charge is -2.21. The van der Waals surface area contributed by atoms with Gasteiger partial charge in [-0.1, -0.05) is 0 Å². The fourth-order valence-electron chi connectivity index (χ4n) is 1.66. The van der Waals surface area contributed by atoms with E-state index in [9.17, 15) is 4.79 Å². The summed E-state index contributed by atoms with van der Waals surface area (Å²) in [4.78, 5) is 11.4. The van der Waals surface area contributed by atoms with Crippen molar-refractivity contribution >= 4 is 17.7 Å². The van der Waals surface area contributed by atoms with Gasteiger partial charge in [0.25, 0.3) is 0 Å². The summed E-state index contributed by atoms with van der Waals surface area (Å²) in [5.74, 6) is 3.36. The highest BCUT2D eigenvalue weighted by molar-refractivity contribution is 7.99. The standard InChI is InChI=1S/C11H22N2OS/c1-9(12)2-3-11(14)13-8-10-4-6-15-7-5-10/h9-10H,2-8,12H2,1H3,(H,13,14). The molecule has 1 fully saturated rings. The van der Waals surface area contributed by atoms with Gasteiger partial charge in [0.1, 0.15) is 0 Å². The minimum atomic E-state index is 0.127. The van der Waals surface area contributed by atoms with E-state index in [1.165, 1.54) is 24.3 Å². The van der Waals surface area contributed by atoms with Crippen molar-refractivity contribution in [1.82, 2.24) is 5.32 Å². The smallest absolute Gasteiger partial charge is 0.220 e. The Kier molecular flexibility index (Phi) is 6.10. The van der Waals surface area contributed by atoms with Gasteiger partial charge in [0, 0.05) is 19.0 Å². The van der Waals surface area contributed by atoms with Crippen LogP contribution in [0.5, 0.6) is 0 Å². The molecule has 0 saturated carbocycles. The monoisotopic (exact) mass is 230 g/mol. The fraction of sp³-hybridized carbons (Fsp3) is 0.909. The van der Waals surface area contributed by atoms with Crippen LogP contribution in [0.4, 0.5) is 0 Å². The Morgan fingerprint density at radius 1 is 1.53 bits per heavy atom. The first-order chi connectivity index (χ1) is 7.18. The zero-order valence-corrected chi connectivity index (χ0v) is 10.3. The Morgan fingerprint density at radius 3 is 2.80 bits per heavy atom. The van der Waals surface area contributed by atoms with Crippen molar-refractivity contribution in [3.63, 3.8) is 0 Å². The molecule has 0 aromatic carbocycles. The quantitative estimate of drug-likeness (QED) is 0.750. The van der Waals surface area contributed by atoms with E-state index in [1.807, 2.05) is 18.7 Å². The molecule has 0 spiro atoms. The summed E-state index contributed by atoms with van der Waals surface area (Å²) in [6.07, 6.45) is 3.85. The van der Waals surface area contributed by atoms with E-state index in [-0.39, 0.29) is 11.9 Å². The van der Waals surface area contributed by atoms with Gasteiger partial charge in [0.05, 0.1) is 0 Å². The Morgan fingerprint density at radius 2 is 2.20 bits per heavy atom. The van der Waals surface area contributed by atoms with E-state index in [2.05, 4.69) is 5.32 Å². The zero-order chi connectivity index (χ0) is 11.1. The van der Waals surface area contributed by atoms with Crippen molar-refractivity contribution in [3.8, 4) is 0 Å². The van der Waals surface area contributed by atoms with Crippen molar-refractivity contribution in [3.05, 3.63) is 0 Å². The van der Waals surface area contributed by atoms with Crippen molar-refractivity contribution in [1.29, 1.82) is 0 Å². The van der Waals surface area contributed by atoms with Crippen molar-refractivity contribution in [2.45, 2.75) is 38.6 Å². The SMILES string of the molecule is CC(N)CCC(=O)NCC1CCSCC1. The topological polar surface area (TPSA) is 55.1 Å². The third-order valence-electron chi connectivity index (χ3n) is 2.76. The molecule has 1 unspecified atom stereocenters. The van der Waals surface area contributed by atoms with Crippen molar-refractivity contribution in [2.75, 3.05) is 18.1 Å². The minimum absolute atomic E-state index is 0.127. The molecule has 4 heteroatoms. The molecule has 0 aliphatic carbocycles. The average molecular weight is 230 g/mol. The van der Waals surface area contributed by atoms with E-state index >= 15 is 0 Å². The van der Waals surface area contributed by atoms with Crippen LogP contribution in [0.25, 0.3) is 0 Å². The third-order valence-corrected chi connectivity index (χ3v) is 3.80. The van der Waals surface area contributed by atoms with Crippen LogP contribution >= 0.6 is 11.8 Å². The summed E-state index contributed by atoms with van der Waals surface area (Å²) >= 11 is 2.02. The number of hydrogen-bond donors (Lipinski definition) is 2. The first kappa shape index (κ1) is 12.8. The highest BCUT2D eigenvalue weighted by Crippen LogP contribution is 2.21. The van der Waals surface area contributed by atoms with Gasteiger partial charge in [0.2, 0.25) is 5.91 Å². The molecule has 1 aliphatic rings. The Balaban J connectivity index is 2.05. The maximum absolute atomic E-state index is 11.4. The van der Waals surface area contributed by atoms with Crippen LogP contribution in [-0.2, 0) is 4.79 Å². The Hall–Kier alpha value is -0.220. The maximum atomic E-state index is 11.4. The number of carbonyl (C=O) groups excluding carboxylic acids is 1. The lowest BCUT2D eigenvalue weighted by Crippen LogP contribution is -2.31. The van der Waals surface area contributed by atoms with Gasteiger partial charge in [-0.3, -0.25) is 4.79 Å². The lowest BCUT2D eigenvalue weighted by molar-refractivity contribution is -0.121. The van der Waals surface area contributed by atoms with Gasteiger partial charge < -0.3 is 11.1 Å². The molecule has 0 aromatic rings. The molecule has 0 radical (unpaired) electrons. The number of hydrogen-bond acceptors (Lipinski definition) is 3. The summed E-state index contributed by atoms with van der Waals surface area (Å²) in [6, 6.07) is 0.127. The van der Waals surface area contributed by atoms with Gasteiger partial charge in [-0.15, -0.1) is 0 Å². The number of carbonyl (C=O) groups is 1. The molecule has 1 rings (SSSR count). The molecule has 1 saturated heterocycles. The zero-order valence-electron chi connectivity index (χ0n) is 9.50. The number of thioether (sulfide) groups is 1. The molecule has 0 bridgehead atoms. The van der Waals surface area contributed by atoms with Crippen LogP contribution in [-0.4, -0.2) is 30.0 Å². The van der Waals surface area contributed by atoms with Gasteiger partial charge in [-0.2, -0.15) is 11.8 Å². The molecule has 1 heterocycles. The van der Waals surface area contributed by atoms with E-state index in [0.717, 1.165) is 13.0 Å². The molecule has 0 aromatic heterocycles. The van der Waals surface area contributed by atoms with Crippen LogP contribution in [0.1, 0.15) is 32.6 Å². The van der Waals surface area contributed by atoms with Gasteiger partial charge in [-0.25, -0.2) is 0 Å². The molecule has 1 atom stereocenters. The molecule has 1 aliphatic heterocycles. The van der Waals surface area contributed by atoms with E-state index < -0.39 is 0 Å². The van der Waals surface area contributed by atoms with Crippen LogP contribution in [0.15, 0.2) is 0 Å². The molecule has 1 amide bonds. The molecular formula is C11H22N2OS. The average Bonchev–Trinajstić information content (AvgIpc) is 2.25. The summed E-state index contributed by atoms with van der Waals surface area (Å²) in [5.41, 5.74) is 5.60. The maximum Gasteiger partial charge on any atom is 0.220 e. The molecule has 3 N–H and O–H groups in total. The second-order valence-corrected chi connectivity index (χ2v) is 5.60. The normalized spacial score (nSPS) is 19.9. The summed E-state index contributed by atoms with van der Waals surface area (Å²) in [5, 5.41) is 3.00. The summed E-state index contributed by atoms with van der Waals surface area (Å²) < 4.78 is 0. The number of amides is 1. The second-order valence-electron chi connectivity index (χ2n) is 4.38.